The molecule has 0 aliphatic carbocycles. The molecule has 0 bridgehead atoms. The van der Waals surface area contributed by atoms with E-state index in [0.717, 1.165) is 25.2 Å². The summed E-state index contributed by atoms with van der Waals surface area (Å²) in [5.74, 6) is -0.294. The summed E-state index contributed by atoms with van der Waals surface area (Å²) < 4.78 is 14.5. The first-order valence-corrected chi connectivity index (χ1v) is 7.27. The van der Waals surface area contributed by atoms with Crippen molar-refractivity contribution in [3.8, 4) is 11.3 Å². The van der Waals surface area contributed by atoms with E-state index in [9.17, 15) is 9.18 Å². The Hall–Kier alpha value is -2.01. The van der Waals surface area contributed by atoms with Crippen molar-refractivity contribution >= 4 is 0 Å². The number of hydrogen-bond donors (Lipinski definition) is 0. The average Bonchev–Trinajstić information content (AvgIpc) is 3.00. The largest absolute Gasteiger partial charge is 0.302 e. The molecule has 1 aliphatic heterocycles. The molecule has 1 aromatic carbocycles. The van der Waals surface area contributed by atoms with Crippen molar-refractivity contribution < 1.29 is 4.39 Å². The first-order chi connectivity index (χ1) is 10.2. The van der Waals surface area contributed by atoms with Gasteiger partial charge in [-0.15, -0.1) is 0 Å². The van der Waals surface area contributed by atoms with Gasteiger partial charge in [0.15, 0.2) is 0 Å². The SMILES string of the molecule is O=c1cc(-c2ccc(F)cc2)ncn1CCN1CCCC1. The van der Waals surface area contributed by atoms with E-state index in [-0.39, 0.29) is 11.4 Å². The minimum absolute atomic E-state index is 0.0662. The Morgan fingerprint density at radius 3 is 2.48 bits per heavy atom. The highest BCUT2D eigenvalue weighted by Gasteiger charge is 2.11. The summed E-state index contributed by atoms with van der Waals surface area (Å²) in [6.07, 6.45) is 4.07. The maximum Gasteiger partial charge on any atom is 0.253 e. The summed E-state index contributed by atoms with van der Waals surface area (Å²) in [5.41, 5.74) is 1.26. The van der Waals surface area contributed by atoms with Crippen molar-refractivity contribution in [3.05, 3.63) is 52.8 Å². The molecule has 5 heteroatoms. The van der Waals surface area contributed by atoms with Crippen LogP contribution in [0.15, 0.2) is 41.5 Å². The average molecular weight is 287 g/mol. The molecule has 110 valence electrons. The molecule has 1 aliphatic rings. The van der Waals surface area contributed by atoms with Crippen LogP contribution >= 0.6 is 0 Å². The summed E-state index contributed by atoms with van der Waals surface area (Å²) in [6, 6.07) is 7.51. The summed E-state index contributed by atoms with van der Waals surface area (Å²) in [5, 5.41) is 0. The lowest BCUT2D eigenvalue weighted by atomic mass is 10.1. The van der Waals surface area contributed by atoms with Crippen LogP contribution in [0, 0.1) is 5.82 Å². The maximum atomic E-state index is 12.9. The van der Waals surface area contributed by atoms with Crippen LogP contribution in [0.3, 0.4) is 0 Å². The number of likely N-dealkylation sites (tertiary alicyclic amines) is 1. The zero-order chi connectivity index (χ0) is 14.7. The number of nitrogens with zero attached hydrogens (tertiary/aromatic N) is 3. The first kappa shape index (κ1) is 13.9. The number of rotatable bonds is 4. The van der Waals surface area contributed by atoms with Gasteiger partial charge in [-0.2, -0.15) is 0 Å². The Labute approximate surface area is 122 Å². The standard InChI is InChI=1S/C16H18FN3O/c17-14-5-3-13(4-6-14)15-11-16(21)20(12-18-15)10-9-19-7-1-2-8-19/h3-6,11-12H,1-2,7-10H2. The molecule has 0 amide bonds. The normalized spacial score (nSPS) is 15.5. The van der Waals surface area contributed by atoms with Gasteiger partial charge in [0.25, 0.3) is 5.56 Å². The molecule has 0 radical (unpaired) electrons. The number of halogens is 1. The molecule has 0 saturated carbocycles. The predicted molar refractivity (Wildman–Crippen MR) is 79.6 cm³/mol. The van der Waals surface area contributed by atoms with Gasteiger partial charge < -0.3 is 4.90 Å². The molecule has 3 rings (SSSR count). The molecule has 0 unspecified atom stereocenters. The maximum absolute atomic E-state index is 12.9. The van der Waals surface area contributed by atoms with Gasteiger partial charge in [-0.1, -0.05) is 0 Å². The number of benzene rings is 1. The van der Waals surface area contributed by atoms with Crippen molar-refractivity contribution in [1.82, 2.24) is 14.5 Å². The van der Waals surface area contributed by atoms with Crippen LogP contribution in [-0.4, -0.2) is 34.1 Å². The lowest BCUT2D eigenvalue weighted by Crippen LogP contribution is -2.29. The third kappa shape index (κ3) is 3.36. The van der Waals surface area contributed by atoms with Gasteiger partial charge >= 0.3 is 0 Å². The molecule has 1 saturated heterocycles. The fraction of sp³-hybridized carbons (Fsp3) is 0.375. The highest BCUT2D eigenvalue weighted by Crippen LogP contribution is 2.15. The Kier molecular flexibility index (Phi) is 4.10. The molecular formula is C16H18FN3O. The zero-order valence-electron chi connectivity index (χ0n) is 11.8. The molecule has 0 spiro atoms. The first-order valence-electron chi connectivity index (χ1n) is 7.27. The van der Waals surface area contributed by atoms with E-state index in [0.29, 0.717) is 12.2 Å². The van der Waals surface area contributed by atoms with E-state index >= 15 is 0 Å². The third-order valence-electron chi connectivity index (χ3n) is 3.88. The van der Waals surface area contributed by atoms with Gasteiger partial charge in [-0.3, -0.25) is 9.36 Å². The van der Waals surface area contributed by atoms with Crippen LogP contribution in [0.2, 0.25) is 0 Å². The number of aromatic nitrogens is 2. The fourth-order valence-corrected chi connectivity index (χ4v) is 2.63. The molecular weight excluding hydrogens is 269 g/mol. The predicted octanol–water partition coefficient (Wildman–Crippen LogP) is 2.15. The fourth-order valence-electron chi connectivity index (χ4n) is 2.63. The molecule has 1 aromatic heterocycles. The van der Waals surface area contributed by atoms with Gasteiger partial charge in [-0.05, 0) is 50.2 Å². The van der Waals surface area contributed by atoms with E-state index in [2.05, 4.69) is 9.88 Å². The van der Waals surface area contributed by atoms with Crippen molar-refractivity contribution in [1.29, 1.82) is 0 Å². The Morgan fingerprint density at radius 1 is 1.10 bits per heavy atom. The van der Waals surface area contributed by atoms with E-state index in [1.54, 1.807) is 23.0 Å². The van der Waals surface area contributed by atoms with Crippen molar-refractivity contribution in [2.24, 2.45) is 0 Å². The van der Waals surface area contributed by atoms with E-state index < -0.39 is 0 Å². The minimum Gasteiger partial charge on any atom is -0.302 e. The molecule has 0 atom stereocenters. The Morgan fingerprint density at radius 2 is 1.81 bits per heavy atom. The highest BCUT2D eigenvalue weighted by molar-refractivity contribution is 5.57. The van der Waals surface area contributed by atoms with Gasteiger partial charge in [-0.25, -0.2) is 9.37 Å². The van der Waals surface area contributed by atoms with Gasteiger partial charge in [0.05, 0.1) is 12.0 Å². The summed E-state index contributed by atoms with van der Waals surface area (Å²) in [6.45, 7) is 3.79. The lowest BCUT2D eigenvalue weighted by molar-refractivity contribution is 0.320. The van der Waals surface area contributed by atoms with E-state index in [1.165, 1.54) is 31.0 Å². The van der Waals surface area contributed by atoms with Gasteiger partial charge in [0.1, 0.15) is 5.82 Å². The summed E-state index contributed by atoms with van der Waals surface area (Å²) in [7, 11) is 0. The Bertz CT molecular complexity index is 660. The lowest BCUT2D eigenvalue weighted by Gasteiger charge is -2.15. The topological polar surface area (TPSA) is 38.1 Å². The Balaban J connectivity index is 1.73. The van der Waals surface area contributed by atoms with Crippen molar-refractivity contribution in [2.45, 2.75) is 19.4 Å². The summed E-state index contributed by atoms with van der Waals surface area (Å²) in [4.78, 5) is 18.8. The van der Waals surface area contributed by atoms with Crippen LogP contribution in [-0.2, 0) is 6.54 Å². The van der Waals surface area contributed by atoms with Crippen molar-refractivity contribution in [2.75, 3.05) is 19.6 Å². The second-order valence-corrected chi connectivity index (χ2v) is 5.36. The van der Waals surface area contributed by atoms with Crippen molar-refractivity contribution in [3.63, 3.8) is 0 Å². The number of hydrogen-bond acceptors (Lipinski definition) is 3. The van der Waals surface area contributed by atoms with Crippen LogP contribution in [0.1, 0.15) is 12.8 Å². The molecule has 2 heterocycles. The second-order valence-electron chi connectivity index (χ2n) is 5.36. The molecule has 4 nitrogen and oxygen atoms in total. The van der Waals surface area contributed by atoms with E-state index in [1.807, 2.05) is 0 Å². The second kappa shape index (κ2) is 6.18. The molecule has 0 N–H and O–H groups in total. The van der Waals surface area contributed by atoms with Crippen LogP contribution < -0.4 is 5.56 Å². The van der Waals surface area contributed by atoms with E-state index in [4.69, 9.17) is 0 Å². The quantitative estimate of drug-likeness (QED) is 0.865. The van der Waals surface area contributed by atoms with Gasteiger partial charge in [0, 0.05) is 24.7 Å². The smallest absolute Gasteiger partial charge is 0.253 e. The highest BCUT2D eigenvalue weighted by atomic mass is 19.1. The third-order valence-corrected chi connectivity index (χ3v) is 3.88. The molecule has 1 fully saturated rings. The van der Waals surface area contributed by atoms with Crippen LogP contribution in [0.5, 0.6) is 0 Å². The van der Waals surface area contributed by atoms with Crippen LogP contribution in [0.25, 0.3) is 11.3 Å². The van der Waals surface area contributed by atoms with Gasteiger partial charge in [0.2, 0.25) is 0 Å². The van der Waals surface area contributed by atoms with Crippen LogP contribution in [0.4, 0.5) is 4.39 Å². The monoisotopic (exact) mass is 287 g/mol. The molecule has 21 heavy (non-hydrogen) atoms. The minimum atomic E-state index is -0.294. The zero-order valence-corrected chi connectivity index (χ0v) is 11.8. The summed E-state index contributed by atoms with van der Waals surface area (Å²) >= 11 is 0. The molecule has 2 aromatic rings.